The Morgan fingerprint density at radius 2 is 2.30 bits per heavy atom. The second-order valence-electron chi connectivity index (χ2n) is 2.14. The van der Waals surface area contributed by atoms with Crippen LogP contribution in [0.3, 0.4) is 0 Å². The molecule has 0 rings (SSSR count). The van der Waals surface area contributed by atoms with Gasteiger partial charge in [-0.25, -0.2) is 0 Å². The van der Waals surface area contributed by atoms with Crippen LogP contribution in [0.15, 0.2) is 12.7 Å². The Hall–Kier alpha value is -0.163. The highest BCUT2D eigenvalue weighted by atomic mass is 28.4. The Bertz CT molecular complexity index is 110. The zero-order chi connectivity index (χ0) is 8.04. The lowest BCUT2D eigenvalue weighted by atomic mass is 10.8. The summed E-state index contributed by atoms with van der Waals surface area (Å²) in [5, 5.41) is 0. The van der Waals surface area contributed by atoms with E-state index in [0.29, 0.717) is 0 Å². The normalized spacial score (nSPS) is 16.3. The molecule has 0 saturated carbocycles. The first kappa shape index (κ1) is 9.84. The Morgan fingerprint density at radius 3 is 2.60 bits per heavy atom. The Morgan fingerprint density at radius 1 is 1.70 bits per heavy atom. The molecule has 1 atom stereocenters. The lowest BCUT2D eigenvalue weighted by Crippen LogP contribution is -2.38. The molecule has 0 saturated heterocycles. The van der Waals surface area contributed by atoms with Crippen molar-refractivity contribution in [1.29, 1.82) is 0 Å². The van der Waals surface area contributed by atoms with Gasteiger partial charge in [-0.3, -0.25) is 0 Å². The topological polar surface area (TPSA) is 44.5 Å². The summed E-state index contributed by atoms with van der Waals surface area (Å²) in [5.41, 5.74) is 5.22. The number of nitrogens with two attached hydrogens (primary N) is 1. The fraction of sp³-hybridized carbons (Fsp3) is 0.667. The predicted octanol–water partition coefficient (Wildman–Crippen LogP) is 0.824. The quantitative estimate of drug-likeness (QED) is 0.369. The molecular formula is C6H15NO2Si. The van der Waals surface area contributed by atoms with Crippen molar-refractivity contribution in [2.24, 2.45) is 5.73 Å². The number of hydrogen-bond acceptors (Lipinski definition) is 3. The number of allylic oxidation sites excluding steroid dienone is 1. The molecule has 0 fully saturated rings. The number of rotatable bonds is 5. The average molecular weight is 161 g/mol. The summed E-state index contributed by atoms with van der Waals surface area (Å²) < 4.78 is 10.4. The van der Waals surface area contributed by atoms with Crippen LogP contribution in [0.4, 0.5) is 0 Å². The van der Waals surface area contributed by atoms with Gasteiger partial charge in [0, 0.05) is 13.2 Å². The first-order valence-corrected chi connectivity index (χ1v) is 5.71. The smallest absolute Gasteiger partial charge is 0.339 e. The van der Waals surface area contributed by atoms with Crippen LogP contribution in [0.5, 0.6) is 0 Å². The molecule has 0 aromatic heterocycles. The molecule has 1 unspecified atom stereocenters. The van der Waals surface area contributed by atoms with E-state index in [1.165, 1.54) is 0 Å². The second kappa shape index (κ2) is 4.62. The van der Waals surface area contributed by atoms with Gasteiger partial charge in [0.2, 0.25) is 0 Å². The van der Waals surface area contributed by atoms with Crippen LogP contribution < -0.4 is 5.73 Å². The first-order chi connectivity index (χ1) is 4.68. The predicted molar refractivity (Wildman–Crippen MR) is 43.8 cm³/mol. The SMILES string of the molecule is C=CC[Si](C)(OC)OCN. The molecule has 0 aliphatic heterocycles. The molecule has 0 aliphatic carbocycles. The van der Waals surface area contributed by atoms with Gasteiger partial charge in [-0.2, -0.15) is 0 Å². The molecule has 0 radical (unpaired) electrons. The van der Waals surface area contributed by atoms with Crippen LogP contribution in [0.1, 0.15) is 0 Å². The molecule has 0 aromatic rings. The van der Waals surface area contributed by atoms with Crippen LogP contribution in [0.25, 0.3) is 0 Å². The van der Waals surface area contributed by atoms with Crippen LogP contribution in [0.2, 0.25) is 12.6 Å². The van der Waals surface area contributed by atoms with E-state index in [-0.39, 0.29) is 6.73 Å². The van der Waals surface area contributed by atoms with Crippen molar-refractivity contribution in [3.63, 3.8) is 0 Å². The molecule has 2 N–H and O–H groups in total. The fourth-order valence-corrected chi connectivity index (χ4v) is 1.92. The van der Waals surface area contributed by atoms with E-state index in [9.17, 15) is 0 Å². The molecule has 0 aromatic carbocycles. The zero-order valence-corrected chi connectivity index (χ0v) is 7.59. The van der Waals surface area contributed by atoms with Crippen molar-refractivity contribution in [3.8, 4) is 0 Å². The van der Waals surface area contributed by atoms with E-state index in [4.69, 9.17) is 14.6 Å². The summed E-state index contributed by atoms with van der Waals surface area (Å²) in [6.45, 7) is 5.80. The van der Waals surface area contributed by atoms with E-state index in [1.54, 1.807) is 13.2 Å². The van der Waals surface area contributed by atoms with E-state index in [1.807, 2.05) is 6.55 Å². The van der Waals surface area contributed by atoms with E-state index in [0.717, 1.165) is 6.04 Å². The van der Waals surface area contributed by atoms with Gasteiger partial charge in [-0.1, -0.05) is 6.08 Å². The largest absolute Gasteiger partial charge is 0.398 e. The van der Waals surface area contributed by atoms with Gasteiger partial charge in [0.05, 0.1) is 6.73 Å². The lowest BCUT2D eigenvalue weighted by molar-refractivity contribution is 0.213. The monoisotopic (exact) mass is 161 g/mol. The van der Waals surface area contributed by atoms with E-state index in [2.05, 4.69) is 6.58 Å². The molecule has 4 heteroatoms. The highest BCUT2D eigenvalue weighted by molar-refractivity contribution is 6.66. The molecular weight excluding hydrogens is 146 g/mol. The van der Waals surface area contributed by atoms with Crippen molar-refractivity contribution >= 4 is 8.56 Å². The molecule has 0 heterocycles. The van der Waals surface area contributed by atoms with Gasteiger partial charge in [0.25, 0.3) is 0 Å². The molecule has 0 amide bonds. The molecule has 0 bridgehead atoms. The second-order valence-corrected chi connectivity index (χ2v) is 5.51. The summed E-state index contributed by atoms with van der Waals surface area (Å²) in [6.07, 6.45) is 1.80. The summed E-state index contributed by atoms with van der Waals surface area (Å²) >= 11 is 0. The minimum Gasteiger partial charge on any atom is -0.398 e. The standard InChI is InChI=1S/C6H15NO2Si/c1-4-5-10(3,8-2)9-6-7/h4H,1,5-7H2,2-3H3. The molecule has 10 heavy (non-hydrogen) atoms. The third kappa shape index (κ3) is 3.12. The maximum absolute atomic E-state index is 5.24. The van der Waals surface area contributed by atoms with Crippen molar-refractivity contribution in [2.45, 2.75) is 12.6 Å². The van der Waals surface area contributed by atoms with Crippen LogP contribution in [-0.4, -0.2) is 22.4 Å². The summed E-state index contributed by atoms with van der Waals surface area (Å²) in [4.78, 5) is 0. The van der Waals surface area contributed by atoms with Crippen molar-refractivity contribution in [1.82, 2.24) is 0 Å². The minimum absolute atomic E-state index is 0.227. The van der Waals surface area contributed by atoms with Crippen molar-refractivity contribution in [3.05, 3.63) is 12.7 Å². The van der Waals surface area contributed by atoms with Gasteiger partial charge >= 0.3 is 8.56 Å². The van der Waals surface area contributed by atoms with Crippen molar-refractivity contribution in [2.75, 3.05) is 13.8 Å². The van der Waals surface area contributed by atoms with E-state index >= 15 is 0 Å². The van der Waals surface area contributed by atoms with Gasteiger partial charge in [0.1, 0.15) is 0 Å². The third-order valence-corrected chi connectivity index (χ3v) is 4.01. The van der Waals surface area contributed by atoms with Gasteiger partial charge < -0.3 is 14.6 Å². The Labute approximate surface area is 63.1 Å². The zero-order valence-electron chi connectivity index (χ0n) is 6.59. The maximum Gasteiger partial charge on any atom is 0.339 e. The van der Waals surface area contributed by atoms with Gasteiger partial charge in [0.15, 0.2) is 0 Å². The molecule has 3 nitrogen and oxygen atoms in total. The highest BCUT2D eigenvalue weighted by Gasteiger charge is 2.27. The van der Waals surface area contributed by atoms with Crippen molar-refractivity contribution < 1.29 is 8.85 Å². The highest BCUT2D eigenvalue weighted by Crippen LogP contribution is 2.10. The van der Waals surface area contributed by atoms with Crippen LogP contribution in [-0.2, 0) is 8.85 Å². The summed E-state index contributed by atoms with van der Waals surface area (Å²) in [6, 6.07) is 0.778. The Balaban J connectivity index is 3.80. The summed E-state index contributed by atoms with van der Waals surface area (Å²) in [7, 11) is -0.322. The van der Waals surface area contributed by atoms with Gasteiger partial charge in [-0.05, 0) is 6.55 Å². The average Bonchev–Trinajstić information content (AvgIpc) is 1.89. The Kier molecular flexibility index (Phi) is 4.55. The molecule has 60 valence electrons. The first-order valence-electron chi connectivity index (χ1n) is 3.18. The minimum atomic E-state index is -1.97. The number of hydrogen-bond donors (Lipinski definition) is 1. The summed E-state index contributed by atoms with van der Waals surface area (Å²) in [5.74, 6) is 0. The molecule has 0 spiro atoms. The van der Waals surface area contributed by atoms with Crippen LogP contribution >= 0.6 is 0 Å². The van der Waals surface area contributed by atoms with E-state index < -0.39 is 8.56 Å². The third-order valence-electron chi connectivity index (χ3n) is 1.34. The maximum atomic E-state index is 5.24. The van der Waals surface area contributed by atoms with Crippen LogP contribution in [0, 0.1) is 0 Å². The fourth-order valence-electron chi connectivity index (χ4n) is 0.640. The van der Waals surface area contributed by atoms with Gasteiger partial charge in [-0.15, -0.1) is 6.58 Å². The molecule has 0 aliphatic rings. The lowest BCUT2D eigenvalue weighted by Gasteiger charge is -2.22.